The predicted octanol–water partition coefficient (Wildman–Crippen LogP) is 2.12. The highest BCUT2D eigenvalue weighted by atomic mass is 16.1. The second kappa shape index (κ2) is 5.96. The number of carbonyl (C=O) groups excluding carboxylic acids is 1. The number of fused-ring (bicyclic) bond motifs is 1. The molecule has 0 saturated carbocycles. The lowest BCUT2D eigenvalue weighted by Crippen LogP contribution is -2.40. The molecule has 6 nitrogen and oxygen atoms in total. The Hall–Kier alpha value is -2.89. The molecule has 24 heavy (non-hydrogen) atoms. The molecule has 1 N–H and O–H groups in total. The summed E-state index contributed by atoms with van der Waals surface area (Å²) in [6.07, 6.45) is 7.52. The molecule has 0 aliphatic carbocycles. The average Bonchev–Trinajstić information content (AvgIpc) is 3.23. The van der Waals surface area contributed by atoms with Gasteiger partial charge in [-0.1, -0.05) is 0 Å². The largest absolute Gasteiger partial charge is 0.347 e. The van der Waals surface area contributed by atoms with Crippen molar-refractivity contribution < 1.29 is 4.79 Å². The van der Waals surface area contributed by atoms with Crippen molar-refractivity contribution in [3.05, 3.63) is 66.0 Å². The highest BCUT2D eigenvalue weighted by molar-refractivity contribution is 5.94. The van der Waals surface area contributed by atoms with E-state index in [0.717, 1.165) is 36.6 Å². The number of aryl methyl sites for hydroxylation is 2. The first-order valence-electron chi connectivity index (χ1n) is 8.12. The summed E-state index contributed by atoms with van der Waals surface area (Å²) in [6, 6.07) is 9.61. The van der Waals surface area contributed by atoms with Crippen LogP contribution in [0.4, 0.5) is 0 Å². The number of carbonyl (C=O) groups is 1. The van der Waals surface area contributed by atoms with E-state index in [0.29, 0.717) is 5.56 Å². The number of hydrogen-bond donors (Lipinski definition) is 1. The standard InChI is InChI=1S/C18H19N5O/c1-13-8-10-23(21-13)16-5-2-14(3-6-16)18(24)20-15-4-7-17-19-9-11-22(17)12-15/h2-3,5-6,8-11,15H,4,7,12H2,1H3,(H,20,24)/t15-/m1/s1. The lowest BCUT2D eigenvalue weighted by molar-refractivity contribution is 0.0927. The number of rotatable bonds is 3. The molecular formula is C18H19N5O. The highest BCUT2D eigenvalue weighted by Crippen LogP contribution is 2.14. The molecular weight excluding hydrogens is 302 g/mol. The fraction of sp³-hybridized carbons (Fsp3) is 0.278. The zero-order valence-corrected chi connectivity index (χ0v) is 13.5. The molecule has 1 aromatic carbocycles. The summed E-state index contributed by atoms with van der Waals surface area (Å²) in [5, 5.41) is 7.49. The van der Waals surface area contributed by atoms with Crippen molar-refractivity contribution in [3.8, 4) is 5.69 Å². The summed E-state index contributed by atoms with van der Waals surface area (Å²) < 4.78 is 3.91. The Labute approximate surface area is 140 Å². The second-order valence-corrected chi connectivity index (χ2v) is 6.15. The summed E-state index contributed by atoms with van der Waals surface area (Å²) in [5.74, 6) is 1.06. The van der Waals surface area contributed by atoms with Crippen molar-refractivity contribution in [2.75, 3.05) is 0 Å². The van der Waals surface area contributed by atoms with Crippen molar-refractivity contribution in [1.82, 2.24) is 24.6 Å². The van der Waals surface area contributed by atoms with E-state index in [2.05, 4.69) is 20.0 Å². The monoisotopic (exact) mass is 321 g/mol. The number of nitrogens with zero attached hydrogens (tertiary/aromatic N) is 4. The van der Waals surface area contributed by atoms with Crippen LogP contribution in [0, 0.1) is 6.92 Å². The summed E-state index contributed by atoms with van der Waals surface area (Å²) in [4.78, 5) is 16.8. The van der Waals surface area contributed by atoms with Gasteiger partial charge in [0.1, 0.15) is 5.82 Å². The minimum atomic E-state index is -0.0354. The van der Waals surface area contributed by atoms with Crippen LogP contribution in [0.2, 0.25) is 0 Å². The van der Waals surface area contributed by atoms with E-state index in [1.165, 1.54) is 0 Å². The van der Waals surface area contributed by atoms with Gasteiger partial charge in [0, 0.05) is 43.2 Å². The molecule has 1 aliphatic rings. The lowest BCUT2D eigenvalue weighted by Gasteiger charge is -2.24. The molecule has 0 spiro atoms. The fourth-order valence-corrected chi connectivity index (χ4v) is 3.08. The van der Waals surface area contributed by atoms with Crippen LogP contribution in [-0.2, 0) is 13.0 Å². The third kappa shape index (κ3) is 2.82. The first-order valence-corrected chi connectivity index (χ1v) is 8.12. The summed E-state index contributed by atoms with van der Waals surface area (Å²) in [6.45, 7) is 2.74. The number of aromatic nitrogens is 4. The van der Waals surface area contributed by atoms with Crippen molar-refractivity contribution in [2.24, 2.45) is 0 Å². The van der Waals surface area contributed by atoms with E-state index in [4.69, 9.17) is 0 Å². The predicted molar refractivity (Wildman–Crippen MR) is 90.1 cm³/mol. The fourth-order valence-electron chi connectivity index (χ4n) is 3.08. The number of hydrogen-bond acceptors (Lipinski definition) is 3. The smallest absolute Gasteiger partial charge is 0.251 e. The summed E-state index contributed by atoms with van der Waals surface area (Å²) in [5.41, 5.74) is 2.58. The average molecular weight is 321 g/mol. The van der Waals surface area contributed by atoms with E-state index in [1.54, 1.807) is 4.68 Å². The molecule has 6 heteroatoms. The van der Waals surface area contributed by atoms with Crippen LogP contribution >= 0.6 is 0 Å². The van der Waals surface area contributed by atoms with Gasteiger partial charge in [0.15, 0.2) is 0 Å². The lowest BCUT2D eigenvalue weighted by atomic mass is 10.1. The van der Waals surface area contributed by atoms with Crippen molar-refractivity contribution in [2.45, 2.75) is 32.4 Å². The molecule has 0 saturated heterocycles. The molecule has 0 bridgehead atoms. The van der Waals surface area contributed by atoms with Gasteiger partial charge in [0.2, 0.25) is 0 Å². The third-order valence-corrected chi connectivity index (χ3v) is 4.39. The van der Waals surface area contributed by atoms with E-state index in [9.17, 15) is 4.79 Å². The minimum absolute atomic E-state index is 0.0354. The van der Waals surface area contributed by atoms with E-state index >= 15 is 0 Å². The normalized spacial score (nSPS) is 16.6. The zero-order chi connectivity index (χ0) is 16.5. The van der Waals surface area contributed by atoms with Gasteiger partial charge >= 0.3 is 0 Å². The first kappa shape index (κ1) is 14.7. The number of nitrogens with one attached hydrogen (secondary N) is 1. The molecule has 0 fully saturated rings. The van der Waals surface area contributed by atoms with E-state index in [-0.39, 0.29) is 11.9 Å². The third-order valence-electron chi connectivity index (χ3n) is 4.39. The maximum Gasteiger partial charge on any atom is 0.251 e. The van der Waals surface area contributed by atoms with Crippen molar-refractivity contribution >= 4 is 5.91 Å². The molecule has 1 atom stereocenters. The summed E-state index contributed by atoms with van der Waals surface area (Å²) in [7, 11) is 0. The van der Waals surface area contributed by atoms with Crippen LogP contribution in [0.25, 0.3) is 5.69 Å². The van der Waals surface area contributed by atoms with E-state index in [1.807, 2.05) is 55.8 Å². The summed E-state index contributed by atoms with van der Waals surface area (Å²) >= 11 is 0. The molecule has 122 valence electrons. The zero-order valence-electron chi connectivity index (χ0n) is 13.5. The topological polar surface area (TPSA) is 64.7 Å². The molecule has 2 aromatic heterocycles. The Bertz CT molecular complexity index is 862. The Morgan fingerprint density at radius 2 is 2.04 bits per heavy atom. The highest BCUT2D eigenvalue weighted by Gasteiger charge is 2.20. The molecule has 1 amide bonds. The van der Waals surface area contributed by atoms with Crippen LogP contribution < -0.4 is 5.32 Å². The van der Waals surface area contributed by atoms with Crippen LogP contribution in [0.1, 0.15) is 28.3 Å². The second-order valence-electron chi connectivity index (χ2n) is 6.15. The van der Waals surface area contributed by atoms with Gasteiger partial charge in [0.05, 0.1) is 11.4 Å². The first-order chi connectivity index (χ1) is 11.7. The van der Waals surface area contributed by atoms with Gasteiger partial charge in [-0.15, -0.1) is 0 Å². The van der Waals surface area contributed by atoms with Crippen molar-refractivity contribution in [1.29, 1.82) is 0 Å². The van der Waals surface area contributed by atoms with Crippen molar-refractivity contribution in [3.63, 3.8) is 0 Å². The van der Waals surface area contributed by atoms with E-state index < -0.39 is 0 Å². The Kier molecular flexibility index (Phi) is 3.65. The van der Waals surface area contributed by atoms with Crippen LogP contribution in [0.5, 0.6) is 0 Å². The molecule has 3 heterocycles. The maximum absolute atomic E-state index is 12.5. The van der Waals surface area contributed by atoms with Gasteiger partial charge in [0.25, 0.3) is 5.91 Å². The van der Waals surface area contributed by atoms with Gasteiger partial charge in [-0.3, -0.25) is 4.79 Å². The Balaban J connectivity index is 1.43. The molecule has 4 rings (SSSR count). The van der Waals surface area contributed by atoms with Crippen LogP contribution in [-0.4, -0.2) is 31.3 Å². The Morgan fingerprint density at radius 1 is 1.21 bits per heavy atom. The minimum Gasteiger partial charge on any atom is -0.347 e. The number of amides is 1. The molecule has 0 radical (unpaired) electrons. The SMILES string of the molecule is Cc1ccn(-c2ccc(C(=O)N[C@@H]3CCc4nccn4C3)cc2)n1. The van der Waals surface area contributed by atoms with Crippen LogP contribution in [0.3, 0.4) is 0 Å². The molecule has 3 aromatic rings. The molecule has 0 unspecified atom stereocenters. The van der Waals surface area contributed by atoms with Gasteiger partial charge in [-0.25, -0.2) is 9.67 Å². The van der Waals surface area contributed by atoms with Crippen LogP contribution in [0.15, 0.2) is 48.9 Å². The molecule has 1 aliphatic heterocycles. The maximum atomic E-state index is 12.5. The quantitative estimate of drug-likeness (QED) is 0.803. The van der Waals surface area contributed by atoms with Gasteiger partial charge in [-0.2, -0.15) is 5.10 Å². The van der Waals surface area contributed by atoms with Gasteiger partial charge < -0.3 is 9.88 Å². The Morgan fingerprint density at radius 3 is 2.79 bits per heavy atom. The van der Waals surface area contributed by atoms with Gasteiger partial charge in [-0.05, 0) is 43.7 Å². The number of imidazole rings is 1. The number of benzene rings is 1.